The van der Waals surface area contributed by atoms with Gasteiger partial charge in [0, 0.05) is 6.54 Å². The van der Waals surface area contributed by atoms with Gasteiger partial charge in [-0.25, -0.2) is 9.59 Å². The summed E-state index contributed by atoms with van der Waals surface area (Å²) in [5.74, 6) is -1.56. The lowest BCUT2D eigenvalue weighted by Crippen LogP contribution is -2.49. The van der Waals surface area contributed by atoms with Crippen LogP contribution in [0.2, 0.25) is 0 Å². The Labute approximate surface area is 125 Å². The van der Waals surface area contributed by atoms with E-state index in [2.05, 4.69) is 5.32 Å². The molecule has 2 amide bonds. The molecule has 7 nitrogen and oxygen atoms in total. The number of urea groups is 1. The molecule has 0 aliphatic carbocycles. The summed E-state index contributed by atoms with van der Waals surface area (Å²) in [6.45, 7) is 5.95. The molecule has 122 valence electrons. The Morgan fingerprint density at radius 1 is 1.19 bits per heavy atom. The summed E-state index contributed by atoms with van der Waals surface area (Å²) in [5, 5.41) is 11.6. The van der Waals surface area contributed by atoms with Crippen LogP contribution < -0.4 is 5.32 Å². The molecule has 2 N–H and O–H groups in total. The van der Waals surface area contributed by atoms with E-state index in [1.807, 2.05) is 13.8 Å². The van der Waals surface area contributed by atoms with E-state index in [9.17, 15) is 14.4 Å². The van der Waals surface area contributed by atoms with Gasteiger partial charge in [0.05, 0.1) is 6.61 Å². The molecular formula is C14H26N2O5. The molecule has 0 spiro atoms. The van der Waals surface area contributed by atoms with E-state index in [0.717, 1.165) is 6.42 Å². The average Bonchev–Trinajstić information content (AvgIpc) is 2.42. The first-order chi connectivity index (χ1) is 9.96. The van der Waals surface area contributed by atoms with Crippen molar-refractivity contribution in [2.75, 3.05) is 19.7 Å². The third-order valence-corrected chi connectivity index (χ3v) is 2.85. The molecule has 0 aromatic heterocycles. The second-order valence-electron chi connectivity index (χ2n) is 4.71. The van der Waals surface area contributed by atoms with E-state index in [0.29, 0.717) is 25.8 Å². The van der Waals surface area contributed by atoms with Crippen LogP contribution in [-0.4, -0.2) is 53.7 Å². The number of nitrogens with one attached hydrogen (secondary N) is 1. The first-order valence-electron chi connectivity index (χ1n) is 7.40. The Bertz CT molecular complexity index is 346. The van der Waals surface area contributed by atoms with Crippen LogP contribution in [0.25, 0.3) is 0 Å². The molecule has 0 aliphatic heterocycles. The zero-order valence-corrected chi connectivity index (χ0v) is 13.1. The minimum atomic E-state index is -1.07. The standard InChI is InChI=1S/C14H26N2O5/c1-4-7-8-11(13(18)19)15-14(20)16(9-5-2)10-12(17)21-6-3/h11H,4-10H2,1-3H3,(H,15,20)(H,18,19). The molecule has 0 aromatic carbocycles. The summed E-state index contributed by atoms with van der Waals surface area (Å²) in [6, 6.07) is -1.48. The van der Waals surface area contributed by atoms with Crippen LogP contribution in [0.1, 0.15) is 46.5 Å². The summed E-state index contributed by atoms with van der Waals surface area (Å²) in [5.41, 5.74) is 0. The lowest BCUT2D eigenvalue weighted by Gasteiger charge is -2.24. The van der Waals surface area contributed by atoms with Gasteiger partial charge >= 0.3 is 18.0 Å². The number of nitrogens with zero attached hydrogens (tertiary/aromatic N) is 1. The first kappa shape index (κ1) is 19.2. The molecule has 21 heavy (non-hydrogen) atoms. The summed E-state index contributed by atoms with van der Waals surface area (Å²) in [4.78, 5) is 36.0. The van der Waals surface area contributed by atoms with Gasteiger partial charge in [0.1, 0.15) is 12.6 Å². The second-order valence-corrected chi connectivity index (χ2v) is 4.71. The maximum Gasteiger partial charge on any atom is 0.326 e. The number of carboxylic acid groups (broad SMARTS) is 1. The number of amides is 2. The number of aliphatic carboxylic acids is 1. The fraction of sp³-hybridized carbons (Fsp3) is 0.786. The van der Waals surface area contributed by atoms with Crippen LogP contribution in [0.15, 0.2) is 0 Å². The van der Waals surface area contributed by atoms with Crippen molar-refractivity contribution in [2.24, 2.45) is 0 Å². The Morgan fingerprint density at radius 3 is 2.33 bits per heavy atom. The van der Waals surface area contributed by atoms with Crippen LogP contribution >= 0.6 is 0 Å². The van der Waals surface area contributed by atoms with Gasteiger partial charge in [-0.1, -0.05) is 26.7 Å². The Morgan fingerprint density at radius 2 is 1.86 bits per heavy atom. The van der Waals surface area contributed by atoms with E-state index < -0.39 is 24.0 Å². The highest BCUT2D eigenvalue weighted by Gasteiger charge is 2.23. The molecule has 1 atom stereocenters. The molecule has 0 rings (SSSR count). The maximum atomic E-state index is 12.1. The molecule has 0 saturated carbocycles. The molecule has 0 fully saturated rings. The first-order valence-corrected chi connectivity index (χ1v) is 7.40. The van der Waals surface area contributed by atoms with E-state index in [4.69, 9.17) is 9.84 Å². The number of unbranched alkanes of at least 4 members (excludes halogenated alkanes) is 1. The summed E-state index contributed by atoms with van der Waals surface area (Å²) in [7, 11) is 0. The Balaban J connectivity index is 4.62. The molecular weight excluding hydrogens is 276 g/mol. The molecule has 0 radical (unpaired) electrons. The van der Waals surface area contributed by atoms with Gasteiger partial charge in [0.2, 0.25) is 0 Å². The van der Waals surface area contributed by atoms with Crippen molar-refractivity contribution >= 4 is 18.0 Å². The molecule has 0 aliphatic rings. The van der Waals surface area contributed by atoms with Crippen LogP contribution in [0.4, 0.5) is 4.79 Å². The van der Waals surface area contributed by atoms with Gasteiger partial charge in [-0.05, 0) is 19.8 Å². The minimum Gasteiger partial charge on any atom is -0.480 e. The van der Waals surface area contributed by atoms with E-state index >= 15 is 0 Å². The van der Waals surface area contributed by atoms with Crippen LogP contribution in [-0.2, 0) is 14.3 Å². The average molecular weight is 302 g/mol. The lowest BCUT2D eigenvalue weighted by molar-refractivity contribution is -0.143. The third kappa shape index (κ3) is 8.16. The topological polar surface area (TPSA) is 95.9 Å². The number of carbonyl (C=O) groups is 3. The SMILES string of the molecule is CCCCC(NC(=O)N(CCC)CC(=O)OCC)C(=O)O. The van der Waals surface area contributed by atoms with E-state index in [1.165, 1.54) is 4.90 Å². The number of ether oxygens (including phenoxy) is 1. The fourth-order valence-electron chi connectivity index (χ4n) is 1.79. The van der Waals surface area contributed by atoms with Crippen LogP contribution in [0.3, 0.4) is 0 Å². The normalized spacial score (nSPS) is 11.6. The van der Waals surface area contributed by atoms with Crippen molar-refractivity contribution < 1.29 is 24.2 Å². The lowest BCUT2D eigenvalue weighted by atomic mass is 10.1. The third-order valence-electron chi connectivity index (χ3n) is 2.85. The zero-order chi connectivity index (χ0) is 16.3. The number of hydrogen-bond donors (Lipinski definition) is 2. The van der Waals surface area contributed by atoms with Gasteiger partial charge in [-0.15, -0.1) is 0 Å². The van der Waals surface area contributed by atoms with Crippen LogP contribution in [0, 0.1) is 0 Å². The quantitative estimate of drug-likeness (QED) is 0.598. The van der Waals surface area contributed by atoms with Crippen molar-refractivity contribution in [3.8, 4) is 0 Å². The second kappa shape index (κ2) is 10.9. The predicted molar refractivity (Wildman–Crippen MR) is 78.0 cm³/mol. The number of esters is 1. The van der Waals surface area contributed by atoms with E-state index in [-0.39, 0.29) is 13.2 Å². The van der Waals surface area contributed by atoms with Gasteiger partial charge in [0.25, 0.3) is 0 Å². The Kier molecular flexibility index (Phi) is 10.0. The molecule has 0 bridgehead atoms. The number of hydrogen-bond acceptors (Lipinski definition) is 4. The van der Waals surface area contributed by atoms with Crippen molar-refractivity contribution in [1.29, 1.82) is 0 Å². The zero-order valence-electron chi connectivity index (χ0n) is 13.1. The van der Waals surface area contributed by atoms with Gasteiger partial charge in [-0.2, -0.15) is 0 Å². The molecule has 0 heterocycles. The van der Waals surface area contributed by atoms with Crippen molar-refractivity contribution in [3.05, 3.63) is 0 Å². The maximum absolute atomic E-state index is 12.1. The highest BCUT2D eigenvalue weighted by atomic mass is 16.5. The molecule has 7 heteroatoms. The number of rotatable bonds is 10. The van der Waals surface area contributed by atoms with Gasteiger partial charge < -0.3 is 20.1 Å². The summed E-state index contributed by atoms with van der Waals surface area (Å²) < 4.78 is 4.81. The largest absolute Gasteiger partial charge is 0.480 e. The summed E-state index contributed by atoms with van der Waals surface area (Å²) in [6.07, 6.45) is 2.60. The summed E-state index contributed by atoms with van der Waals surface area (Å²) >= 11 is 0. The number of carbonyl (C=O) groups excluding carboxylic acids is 2. The van der Waals surface area contributed by atoms with Crippen molar-refractivity contribution in [2.45, 2.75) is 52.5 Å². The highest BCUT2D eigenvalue weighted by Crippen LogP contribution is 2.03. The Hall–Kier alpha value is -1.79. The van der Waals surface area contributed by atoms with Gasteiger partial charge in [-0.3, -0.25) is 4.79 Å². The monoisotopic (exact) mass is 302 g/mol. The highest BCUT2D eigenvalue weighted by molar-refractivity contribution is 5.85. The molecule has 0 saturated heterocycles. The molecule has 0 aromatic rings. The van der Waals surface area contributed by atoms with Gasteiger partial charge in [0.15, 0.2) is 0 Å². The predicted octanol–water partition coefficient (Wildman–Crippen LogP) is 1.61. The van der Waals surface area contributed by atoms with Crippen molar-refractivity contribution in [1.82, 2.24) is 10.2 Å². The minimum absolute atomic E-state index is 0.173. The molecule has 1 unspecified atom stereocenters. The van der Waals surface area contributed by atoms with E-state index in [1.54, 1.807) is 6.92 Å². The van der Waals surface area contributed by atoms with Crippen molar-refractivity contribution in [3.63, 3.8) is 0 Å². The van der Waals surface area contributed by atoms with Crippen LogP contribution in [0.5, 0.6) is 0 Å². The number of carboxylic acids is 1. The smallest absolute Gasteiger partial charge is 0.326 e. The fourth-order valence-corrected chi connectivity index (χ4v) is 1.79.